The van der Waals surface area contributed by atoms with Crippen molar-refractivity contribution in [2.75, 3.05) is 0 Å². The third-order valence-corrected chi connectivity index (χ3v) is 12.5. The SMILES string of the molecule is c1ccc(-c2ccc3c4ccccc4n(-c4ccccc4-c4nc(-c5ccccc5-n5c6ccccc6c6ccccc65)nc(-n5c6ccccc6c6ccccc65)n4)c3c2)cc1. The minimum Gasteiger partial charge on any atom is -0.309 e. The van der Waals surface area contributed by atoms with Gasteiger partial charge in [0.15, 0.2) is 11.6 Å². The molecule has 63 heavy (non-hydrogen) atoms. The van der Waals surface area contributed by atoms with Crippen LogP contribution in [-0.2, 0) is 0 Å². The molecule has 0 N–H and O–H groups in total. The minimum absolute atomic E-state index is 0.549. The van der Waals surface area contributed by atoms with Crippen LogP contribution in [0.15, 0.2) is 218 Å². The van der Waals surface area contributed by atoms with Gasteiger partial charge in [0.2, 0.25) is 5.95 Å². The zero-order chi connectivity index (χ0) is 41.4. The molecule has 0 amide bonds. The largest absolute Gasteiger partial charge is 0.309 e. The average Bonchev–Trinajstić information content (AvgIpc) is 4.00. The molecule has 13 aromatic rings. The van der Waals surface area contributed by atoms with Crippen LogP contribution in [0.4, 0.5) is 0 Å². The second-order valence-corrected chi connectivity index (χ2v) is 16.0. The predicted octanol–water partition coefficient (Wildman–Crippen LogP) is 14.2. The maximum Gasteiger partial charge on any atom is 0.238 e. The van der Waals surface area contributed by atoms with E-state index in [-0.39, 0.29) is 0 Å². The molecule has 0 bridgehead atoms. The fourth-order valence-electron chi connectivity index (χ4n) is 9.78. The number of hydrogen-bond acceptors (Lipinski definition) is 3. The molecule has 0 aliphatic rings. The quantitative estimate of drug-likeness (QED) is 0.168. The van der Waals surface area contributed by atoms with Gasteiger partial charge in [0, 0.05) is 43.4 Å². The first-order valence-electron chi connectivity index (χ1n) is 21.3. The summed E-state index contributed by atoms with van der Waals surface area (Å²) in [6, 6.07) is 77.3. The molecule has 6 nitrogen and oxygen atoms in total. The lowest BCUT2D eigenvalue weighted by Gasteiger charge is -2.17. The van der Waals surface area contributed by atoms with Gasteiger partial charge in [-0.05, 0) is 71.8 Å². The Kier molecular flexibility index (Phi) is 7.80. The normalized spacial score (nSPS) is 11.8. The number of aromatic nitrogens is 6. The van der Waals surface area contributed by atoms with Crippen molar-refractivity contribution in [1.29, 1.82) is 0 Å². The van der Waals surface area contributed by atoms with Gasteiger partial charge in [-0.15, -0.1) is 0 Å². The van der Waals surface area contributed by atoms with Gasteiger partial charge in [-0.2, -0.15) is 9.97 Å². The Morgan fingerprint density at radius 3 is 1.10 bits per heavy atom. The lowest BCUT2D eigenvalue weighted by molar-refractivity contribution is 0.950. The van der Waals surface area contributed by atoms with E-state index < -0.39 is 0 Å². The van der Waals surface area contributed by atoms with Crippen molar-refractivity contribution in [2.45, 2.75) is 0 Å². The van der Waals surface area contributed by atoms with Gasteiger partial charge in [0.05, 0.1) is 44.5 Å². The molecule has 4 heterocycles. The second-order valence-electron chi connectivity index (χ2n) is 16.0. The van der Waals surface area contributed by atoms with Crippen molar-refractivity contribution < 1.29 is 0 Å². The minimum atomic E-state index is 0.549. The Labute approximate surface area is 362 Å². The number of para-hydroxylation sites is 7. The molecule has 0 unspecified atom stereocenters. The van der Waals surface area contributed by atoms with Crippen LogP contribution in [0.25, 0.3) is 117 Å². The van der Waals surface area contributed by atoms with E-state index in [9.17, 15) is 0 Å². The molecule has 0 radical (unpaired) electrons. The standard InChI is InChI=1S/C57H36N6/c1-2-18-37(19-3-1)38-34-35-44-43-24-6-13-29-49(43)62(54(44)36-38)53-33-17-10-26-46(53)56-58-55(59-57(60-56)63-50-30-14-7-22-41(50)42-23-8-15-31-51(42)63)45-25-9-16-32-52(45)61-47-27-11-4-20-39(47)40-21-5-12-28-48(40)61/h1-36H. The van der Waals surface area contributed by atoms with Crippen molar-refractivity contribution in [1.82, 2.24) is 28.7 Å². The van der Waals surface area contributed by atoms with Crippen LogP contribution in [0.3, 0.4) is 0 Å². The highest BCUT2D eigenvalue weighted by Gasteiger charge is 2.23. The molecule has 0 saturated carbocycles. The predicted molar refractivity (Wildman–Crippen MR) is 259 cm³/mol. The first-order chi connectivity index (χ1) is 31.3. The van der Waals surface area contributed by atoms with Gasteiger partial charge in [0.25, 0.3) is 0 Å². The lowest BCUT2D eigenvalue weighted by Crippen LogP contribution is -2.09. The molecule has 294 valence electrons. The summed E-state index contributed by atoms with van der Waals surface area (Å²) in [5, 5.41) is 7.04. The first-order valence-corrected chi connectivity index (χ1v) is 21.3. The van der Waals surface area contributed by atoms with Crippen LogP contribution >= 0.6 is 0 Å². The summed E-state index contributed by atoms with van der Waals surface area (Å²) >= 11 is 0. The number of rotatable bonds is 6. The van der Waals surface area contributed by atoms with E-state index in [4.69, 9.17) is 15.0 Å². The number of nitrogens with zero attached hydrogens (tertiary/aromatic N) is 6. The summed E-state index contributed by atoms with van der Waals surface area (Å²) in [6.45, 7) is 0. The number of fused-ring (bicyclic) bond motifs is 9. The molecule has 0 fully saturated rings. The summed E-state index contributed by atoms with van der Waals surface area (Å²) < 4.78 is 6.92. The molecule has 0 aliphatic heterocycles. The summed E-state index contributed by atoms with van der Waals surface area (Å²) in [7, 11) is 0. The molecular weight excluding hydrogens is 769 g/mol. The Morgan fingerprint density at radius 1 is 0.254 bits per heavy atom. The van der Waals surface area contributed by atoms with Crippen LogP contribution in [0.2, 0.25) is 0 Å². The van der Waals surface area contributed by atoms with Crippen LogP contribution in [-0.4, -0.2) is 28.7 Å². The molecule has 0 aliphatic carbocycles. The fraction of sp³-hybridized carbons (Fsp3) is 0. The Morgan fingerprint density at radius 2 is 0.619 bits per heavy atom. The first kappa shape index (κ1) is 35.2. The summed E-state index contributed by atoms with van der Waals surface area (Å²) in [5.74, 6) is 1.71. The Bertz CT molecular complexity index is 3820. The number of benzene rings is 9. The summed E-state index contributed by atoms with van der Waals surface area (Å²) in [6.07, 6.45) is 0. The molecule has 0 spiro atoms. The molecule has 6 heteroatoms. The van der Waals surface area contributed by atoms with E-state index in [1.54, 1.807) is 0 Å². The summed E-state index contributed by atoms with van der Waals surface area (Å²) in [5.41, 5.74) is 12.6. The molecule has 0 atom stereocenters. The van der Waals surface area contributed by atoms with Crippen molar-refractivity contribution in [3.05, 3.63) is 218 Å². The van der Waals surface area contributed by atoms with Gasteiger partial charge in [0.1, 0.15) is 0 Å². The second kappa shape index (κ2) is 14.0. The van der Waals surface area contributed by atoms with E-state index in [1.807, 2.05) is 0 Å². The average molecular weight is 805 g/mol. The zero-order valence-corrected chi connectivity index (χ0v) is 34.0. The molecule has 9 aromatic carbocycles. The van der Waals surface area contributed by atoms with Crippen LogP contribution in [0, 0.1) is 0 Å². The maximum absolute atomic E-state index is 5.51. The van der Waals surface area contributed by atoms with Crippen molar-refractivity contribution in [3.8, 4) is 51.2 Å². The highest BCUT2D eigenvalue weighted by Crippen LogP contribution is 2.40. The lowest BCUT2D eigenvalue weighted by atomic mass is 10.0. The monoisotopic (exact) mass is 804 g/mol. The van der Waals surface area contributed by atoms with Gasteiger partial charge in [-0.3, -0.25) is 4.57 Å². The number of hydrogen-bond donors (Lipinski definition) is 0. The van der Waals surface area contributed by atoms with Crippen LogP contribution in [0.5, 0.6) is 0 Å². The highest BCUT2D eigenvalue weighted by molar-refractivity contribution is 6.12. The third-order valence-electron chi connectivity index (χ3n) is 12.5. The van der Waals surface area contributed by atoms with Gasteiger partial charge < -0.3 is 9.13 Å². The van der Waals surface area contributed by atoms with E-state index in [1.165, 1.54) is 27.1 Å². The Hall–Kier alpha value is -8.61. The Balaban J connectivity index is 1.11. The van der Waals surface area contributed by atoms with E-state index >= 15 is 0 Å². The van der Waals surface area contributed by atoms with Crippen molar-refractivity contribution in [2.24, 2.45) is 0 Å². The molecular formula is C57H36N6. The maximum atomic E-state index is 5.51. The van der Waals surface area contributed by atoms with Crippen molar-refractivity contribution in [3.63, 3.8) is 0 Å². The summed E-state index contributed by atoms with van der Waals surface area (Å²) in [4.78, 5) is 16.4. The van der Waals surface area contributed by atoms with Crippen LogP contribution in [0.1, 0.15) is 0 Å². The van der Waals surface area contributed by atoms with E-state index in [0.717, 1.165) is 71.9 Å². The van der Waals surface area contributed by atoms with Gasteiger partial charge >= 0.3 is 0 Å². The van der Waals surface area contributed by atoms with E-state index in [0.29, 0.717) is 17.6 Å². The zero-order valence-electron chi connectivity index (χ0n) is 34.0. The van der Waals surface area contributed by atoms with Crippen molar-refractivity contribution >= 4 is 65.4 Å². The molecule has 4 aromatic heterocycles. The van der Waals surface area contributed by atoms with Gasteiger partial charge in [-0.25, -0.2) is 4.98 Å². The van der Waals surface area contributed by atoms with E-state index in [2.05, 4.69) is 232 Å². The third kappa shape index (κ3) is 5.41. The fourth-order valence-corrected chi connectivity index (χ4v) is 9.78. The van der Waals surface area contributed by atoms with Crippen LogP contribution < -0.4 is 0 Å². The van der Waals surface area contributed by atoms with Gasteiger partial charge in [-0.1, -0.05) is 158 Å². The molecule has 13 rings (SSSR count). The highest BCUT2D eigenvalue weighted by atomic mass is 15.2. The topological polar surface area (TPSA) is 53.5 Å². The molecule has 0 saturated heterocycles. The smallest absolute Gasteiger partial charge is 0.238 e.